The standard InChI is InChI=1S/C10H18N2O/c1-2-5-12-8-3-4-9(12)7-11-10(13)6-8/h8-9H,2-7H2,1H3,(H,11,13). The maximum atomic E-state index is 11.3. The third kappa shape index (κ3) is 1.70. The van der Waals surface area contributed by atoms with Crippen LogP contribution >= 0.6 is 0 Å². The molecule has 2 rings (SSSR count). The Labute approximate surface area is 79.5 Å². The number of carbonyl (C=O) groups is 1. The average molecular weight is 182 g/mol. The van der Waals surface area contributed by atoms with Gasteiger partial charge in [0.05, 0.1) is 0 Å². The number of rotatable bonds is 2. The second kappa shape index (κ2) is 3.66. The van der Waals surface area contributed by atoms with E-state index in [1.807, 2.05) is 0 Å². The molecule has 3 heteroatoms. The number of nitrogens with one attached hydrogen (secondary N) is 1. The molecule has 2 aliphatic heterocycles. The zero-order chi connectivity index (χ0) is 9.26. The van der Waals surface area contributed by atoms with Crippen LogP contribution < -0.4 is 5.32 Å². The predicted octanol–water partition coefficient (Wildman–Crippen LogP) is 0.749. The van der Waals surface area contributed by atoms with Crippen molar-refractivity contribution in [2.45, 2.75) is 44.7 Å². The quantitative estimate of drug-likeness (QED) is 0.683. The molecule has 2 heterocycles. The molecule has 0 aromatic heterocycles. The first-order valence-corrected chi connectivity index (χ1v) is 5.33. The second-order valence-corrected chi connectivity index (χ2v) is 4.13. The first kappa shape index (κ1) is 9.00. The highest BCUT2D eigenvalue weighted by Gasteiger charge is 2.36. The summed E-state index contributed by atoms with van der Waals surface area (Å²) < 4.78 is 0. The molecule has 3 nitrogen and oxygen atoms in total. The maximum absolute atomic E-state index is 11.3. The molecule has 13 heavy (non-hydrogen) atoms. The van der Waals surface area contributed by atoms with Crippen molar-refractivity contribution >= 4 is 5.91 Å². The van der Waals surface area contributed by atoms with E-state index >= 15 is 0 Å². The lowest BCUT2D eigenvalue weighted by Crippen LogP contribution is -2.38. The Morgan fingerprint density at radius 3 is 3.00 bits per heavy atom. The van der Waals surface area contributed by atoms with Gasteiger partial charge in [0, 0.05) is 25.0 Å². The van der Waals surface area contributed by atoms with Crippen molar-refractivity contribution in [1.82, 2.24) is 10.2 Å². The van der Waals surface area contributed by atoms with Crippen LogP contribution in [0.3, 0.4) is 0 Å². The summed E-state index contributed by atoms with van der Waals surface area (Å²) in [5.74, 6) is 0.244. The van der Waals surface area contributed by atoms with E-state index in [0.717, 1.165) is 19.5 Å². The molecule has 2 atom stereocenters. The Kier molecular flexibility index (Phi) is 2.54. The summed E-state index contributed by atoms with van der Waals surface area (Å²) >= 11 is 0. The smallest absolute Gasteiger partial charge is 0.221 e. The topological polar surface area (TPSA) is 32.3 Å². The Balaban J connectivity index is 2.06. The van der Waals surface area contributed by atoms with Crippen LogP contribution in [-0.4, -0.2) is 36.0 Å². The number of fused-ring (bicyclic) bond motifs is 2. The molecular formula is C10H18N2O. The van der Waals surface area contributed by atoms with E-state index in [1.54, 1.807) is 0 Å². The summed E-state index contributed by atoms with van der Waals surface area (Å²) in [6.07, 6.45) is 4.40. The first-order chi connectivity index (χ1) is 6.31. The summed E-state index contributed by atoms with van der Waals surface area (Å²) in [5, 5.41) is 2.98. The van der Waals surface area contributed by atoms with E-state index in [1.165, 1.54) is 19.3 Å². The van der Waals surface area contributed by atoms with Crippen LogP contribution in [0.25, 0.3) is 0 Å². The summed E-state index contributed by atoms with van der Waals surface area (Å²) in [5.41, 5.74) is 0. The molecule has 1 N–H and O–H groups in total. The number of amides is 1. The van der Waals surface area contributed by atoms with E-state index < -0.39 is 0 Å². The molecule has 0 aliphatic carbocycles. The zero-order valence-electron chi connectivity index (χ0n) is 8.25. The highest BCUT2D eigenvalue weighted by atomic mass is 16.1. The molecule has 0 aromatic rings. The molecule has 2 aliphatic rings. The van der Waals surface area contributed by atoms with E-state index in [0.29, 0.717) is 12.1 Å². The zero-order valence-corrected chi connectivity index (χ0v) is 8.25. The van der Waals surface area contributed by atoms with Crippen molar-refractivity contribution in [2.75, 3.05) is 13.1 Å². The third-order valence-electron chi connectivity index (χ3n) is 3.21. The molecule has 0 saturated carbocycles. The highest BCUT2D eigenvalue weighted by molar-refractivity contribution is 5.77. The monoisotopic (exact) mass is 182 g/mol. The largest absolute Gasteiger partial charge is 0.354 e. The van der Waals surface area contributed by atoms with E-state index in [9.17, 15) is 4.79 Å². The minimum absolute atomic E-state index is 0.244. The Hall–Kier alpha value is -0.570. The fourth-order valence-electron chi connectivity index (χ4n) is 2.59. The van der Waals surface area contributed by atoms with E-state index in [-0.39, 0.29) is 5.91 Å². The van der Waals surface area contributed by atoms with Crippen LogP contribution in [0.15, 0.2) is 0 Å². The van der Waals surface area contributed by atoms with Gasteiger partial charge in [0.1, 0.15) is 0 Å². The molecule has 2 unspecified atom stereocenters. The van der Waals surface area contributed by atoms with E-state index in [4.69, 9.17) is 0 Å². The fourth-order valence-corrected chi connectivity index (χ4v) is 2.59. The molecule has 1 amide bonds. The normalized spacial score (nSPS) is 34.4. The molecule has 2 fully saturated rings. The van der Waals surface area contributed by atoms with Crippen molar-refractivity contribution in [3.05, 3.63) is 0 Å². The van der Waals surface area contributed by atoms with Gasteiger partial charge in [-0.25, -0.2) is 0 Å². The second-order valence-electron chi connectivity index (χ2n) is 4.13. The highest BCUT2D eigenvalue weighted by Crippen LogP contribution is 2.27. The minimum Gasteiger partial charge on any atom is -0.354 e. The molecule has 2 bridgehead atoms. The number of carbonyl (C=O) groups excluding carboxylic acids is 1. The lowest BCUT2D eigenvalue weighted by molar-refractivity contribution is -0.121. The minimum atomic E-state index is 0.244. The first-order valence-electron chi connectivity index (χ1n) is 5.33. The summed E-state index contributed by atoms with van der Waals surface area (Å²) in [7, 11) is 0. The molecule has 2 saturated heterocycles. The summed E-state index contributed by atoms with van der Waals surface area (Å²) in [6.45, 7) is 4.24. The molecule has 0 aromatic carbocycles. The van der Waals surface area contributed by atoms with Crippen LogP contribution in [-0.2, 0) is 4.79 Å². The van der Waals surface area contributed by atoms with Crippen LogP contribution in [0, 0.1) is 0 Å². The van der Waals surface area contributed by atoms with Crippen molar-refractivity contribution in [3.63, 3.8) is 0 Å². The summed E-state index contributed by atoms with van der Waals surface area (Å²) in [4.78, 5) is 13.8. The average Bonchev–Trinajstić information content (AvgIpc) is 2.37. The van der Waals surface area contributed by atoms with Gasteiger partial charge in [-0.2, -0.15) is 0 Å². The Morgan fingerprint density at radius 2 is 2.23 bits per heavy atom. The third-order valence-corrected chi connectivity index (χ3v) is 3.21. The van der Waals surface area contributed by atoms with E-state index in [2.05, 4.69) is 17.1 Å². The van der Waals surface area contributed by atoms with Gasteiger partial charge in [-0.15, -0.1) is 0 Å². The van der Waals surface area contributed by atoms with Crippen molar-refractivity contribution < 1.29 is 4.79 Å². The van der Waals surface area contributed by atoms with Crippen molar-refractivity contribution in [2.24, 2.45) is 0 Å². The number of hydrogen-bond donors (Lipinski definition) is 1. The van der Waals surface area contributed by atoms with Crippen LogP contribution in [0.2, 0.25) is 0 Å². The van der Waals surface area contributed by atoms with Crippen molar-refractivity contribution in [3.8, 4) is 0 Å². The number of hydrogen-bond acceptors (Lipinski definition) is 2. The van der Waals surface area contributed by atoms with Crippen LogP contribution in [0.5, 0.6) is 0 Å². The lowest BCUT2D eigenvalue weighted by atomic mass is 10.1. The SMILES string of the molecule is CCCN1C2CCC1CC(=O)NC2. The molecule has 0 spiro atoms. The Bertz CT molecular complexity index is 205. The fraction of sp³-hybridized carbons (Fsp3) is 0.900. The van der Waals surface area contributed by atoms with Crippen LogP contribution in [0.1, 0.15) is 32.6 Å². The van der Waals surface area contributed by atoms with Gasteiger partial charge in [0.15, 0.2) is 0 Å². The van der Waals surface area contributed by atoms with Gasteiger partial charge in [-0.05, 0) is 25.8 Å². The van der Waals surface area contributed by atoms with Gasteiger partial charge >= 0.3 is 0 Å². The lowest BCUT2D eigenvalue weighted by Gasteiger charge is -2.26. The Morgan fingerprint density at radius 1 is 1.46 bits per heavy atom. The van der Waals surface area contributed by atoms with Gasteiger partial charge in [-0.1, -0.05) is 6.92 Å². The molecule has 0 radical (unpaired) electrons. The summed E-state index contributed by atoms with van der Waals surface area (Å²) in [6, 6.07) is 1.16. The molecular weight excluding hydrogens is 164 g/mol. The molecule has 74 valence electrons. The van der Waals surface area contributed by atoms with Gasteiger partial charge in [-0.3, -0.25) is 9.69 Å². The van der Waals surface area contributed by atoms with Crippen molar-refractivity contribution in [1.29, 1.82) is 0 Å². The van der Waals surface area contributed by atoms with Gasteiger partial charge in [0.2, 0.25) is 5.91 Å². The predicted molar refractivity (Wildman–Crippen MR) is 51.4 cm³/mol. The van der Waals surface area contributed by atoms with Gasteiger partial charge in [0.25, 0.3) is 0 Å². The number of nitrogens with zero attached hydrogens (tertiary/aromatic N) is 1. The van der Waals surface area contributed by atoms with Crippen LogP contribution in [0.4, 0.5) is 0 Å². The van der Waals surface area contributed by atoms with Gasteiger partial charge < -0.3 is 5.32 Å². The maximum Gasteiger partial charge on any atom is 0.221 e.